The zero-order valence-corrected chi connectivity index (χ0v) is 19.6. The van der Waals surface area contributed by atoms with Crippen LogP contribution in [0.3, 0.4) is 0 Å². The molecule has 0 unspecified atom stereocenters. The zero-order chi connectivity index (χ0) is 24.4. The van der Waals surface area contributed by atoms with Crippen LogP contribution in [0.2, 0.25) is 0 Å². The normalized spacial score (nSPS) is 29.2. The summed E-state index contributed by atoms with van der Waals surface area (Å²) < 4.78 is 5.79. The Hall–Kier alpha value is -3.99. The molecule has 5 nitrogen and oxygen atoms in total. The molecule has 1 saturated heterocycles. The summed E-state index contributed by atoms with van der Waals surface area (Å²) in [5.74, 6) is 1.18. The number of nitrogens with zero attached hydrogens (tertiary/aromatic N) is 1. The molecule has 5 aliphatic rings. The van der Waals surface area contributed by atoms with Gasteiger partial charge in [-0.25, -0.2) is 4.90 Å². The molecule has 5 heteroatoms. The minimum atomic E-state index is -0.235. The summed E-state index contributed by atoms with van der Waals surface area (Å²) in [6, 6.07) is 24.4. The van der Waals surface area contributed by atoms with Crippen LogP contribution >= 0.6 is 0 Å². The van der Waals surface area contributed by atoms with E-state index in [4.69, 9.17) is 4.74 Å². The van der Waals surface area contributed by atoms with Gasteiger partial charge in [0.1, 0.15) is 5.75 Å². The van der Waals surface area contributed by atoms with Gasteiger partial charge < -0.3 is 4.74 Å². The molecule has 8 rings (SSSR count). The summed E-state index contributed by atoms with van der Waals surface area (Å²) >= 11 is 0. The van der Waals surface area contributed by atoms with Crippen molar-refractivity contribution in [3.63, 3.8) is 0 Å². The maximum atomic E-state index is 13.4. The minimum absolute atomic E-state index is 0.0959. The standard InChI is InChI=1S/C31H25NO4/c33-27(20-11-9-19(10-12-20)18-5-2-1-3-6-18)17-36-22-8-4-7-21(15-22)32-30(34)28-23-13-14-24(26-16-25(23)26)29(28)31(32)35/h1-15,23-26,28-29H,16-17H2/t23-,24-,25-,26+,28-,29+/m0/s1. The highest BCUT2D eigenvalue weighted by Gasteiger charge is 2.67. The second kappa shape index (κ2) is 8.02. The van der Waals surface area contributed by atoms with Crippen LogP contribution in [0, 0.1) is 35.5 Å². The van der Waals surface area contributed by atoms with E-state index in [0.29, 0.717) is 28.8 Å². The lowest BCUT2D eigenvalue weighted by atomic mass is 9.63. The fourth-order valence-corrected chi connectivity index (χ4v) is 6.64. The maximum absolute atomic E-state index is 13.4. The Bertz CT molecular complexity index is 1370. The van der Waals surface area contributed by atoms with Crippen molar-refractivity contribution >= 4 is 23.3 Å². The molecule has 3 fully saturated rings. The number of Topliss-reactive ketones (excluding diaryl/α,β-unsaturated/α-hetero) is 1. The highest BCUT2D eigenvalue weighted by Crippen LogP contribution is 2.65. The molecule has 0 aromatic heterocycles. The number of ether oxygens (including phenoxy) is 1. The van der Waals surface area contributed by atoms with E-state index in [0.717, 1.165) is 17.5 Å². The summed E-state index contributed by atoms with van der Waals surface area (Å²) in [7, 11) is 0. The van der Waals surface area contributed by atoms with E-state index in [1.165, 1.54) is 4.90 Å². The van der Waals surface area contributed by atoms with E-state index in [9.17, 15) is 14.4 Å². The van der Waals surface area contributed by atoms with Crippen molar-refractivity contribution in [3.05, 3.63) is 96.6 Å². The maximum Gasteiger partial charge on any atom is 0.238 e. The second-order valence-electron chi connectivity index (χ2n) is 10.3. The van der Waals surface area contributed by atoms with Crippen molar-refractivity contribution in [2.75, 3.05) is 11.5 Å². The van der Waals surface area contributed by atoms with Crippen molar-refractivity contribution in [1.29, 1.82) is 0 Å². The average molecular weight is 476 g/mol. The van der Waals surface area contributed by atoms with Gasteiger partial charge in [-0.05, 0) is 53.4 Å². The molecule has 2 saturated carbocycles. The molecule has 0 spiro atoms. The van der Waals surface area contributed by atoms with Crippen LogP contribution in [0.25, 0.3) is 11.1 Å². The first-order valence-electron chi connectivity index (χ1n) is 12.6. The summed E-state index contributed by atoms with van der Waals surface area (Å²) in [4.78, 5) is 40.8. The molecular weight excluding hydrogens is 450 g/mol. The second-order valence-corrected chi connectivity index (χ2v) is 10.3. The molecule has 6 atom stereocenters. The van der Waals surface area contributed by atoms with E-state index in [2.05, 4.69) is 12.2 Å². The number of amides is 2. The molecule has 2 bridgehead atoms. The van der Waals surface area contributed by atoms with Gasteiger partial charge in [0.05, 0.1) is 17.5 Å². The number of rotatable bonds is 6. The van der Waals surface area contributed by atoms with Gasteiger partial charge in [0, 0.05) is 11.6 Å². The van der Waals surface area contributed by atoms with Gasteiger partial charge in [0.15, 0.2) is 12.4 Å². The highest BCUT2D eigenvalue weighted by atomic mass is 16.5. The Kier molecular flexibility index (Phi) is 4.75. The average Bonchev–Trinajstić information content (AvgIpc) is 3.71. The van der Waals surface area contributed by atoms with Gasteiger partial charge in [-0.3, -0.25) is 14.4 Å². The zero-order valence-electron chi connectivity index (χ0n) is 19.6. The molecular formula is C31H25NO4. The number of ketones is 1. The molecule has 4 aliphatic carbocycles. The SMILES string of the molecule is O=C(COc1cccc(N2C(=O)[C@@H]3[C@H]4C=C[C@@H]([C@@H]5C[C@H]45)[C@@H]3C2=O)c1)c1ccc(-c2ccccc2)cc1. The number of benzene rings is 3. The largest absolute Gasteiger partial charge is 0.485 e. The van der Waals surface area contributed by atoms with Crippen molar-refractivity contribution in [3.8, 4) is 16.9 Å². The third-order valence-electron chi connectivity index (χ3n) is 8.42. The molecule has 1 heterocycles. The lowest BCUT2D eigenvalue weighted by Gasteiger charge is -2.37. The molecule has 1 aliphatic heterocycles. The smallest absolute Gasteiger partial charge is 0.238 e. The predicted octanol–water partition coefficient (Wildman–Crippen LogP) is 5.17. The van der Waals surface area contributed by atoms with Gasteiger partial charge in [-0.2, -0.15) is 0 Å². The fraction of sp³-hybridized carbons (Fsp3) is 0.258. The van der Waals surface area contributed by atoms with Crippen LogP contribution in [0.5, 0.6) is 5.75 Å². The fourth-order valence-electron chi connectivity index (χ4n) is 6.64. The molecule has 3 aromatic carbocycles. The van der Waals surface area contributed by atoms with E-state index in [-0.39, 0.29) is 47.9 Å². The lowest BCUT2D eigenvalue weighted by molar-refractivity contribution is -0.124. The van der Waals surface area contributed by atoms with Gasteiger partial charge in [-0.1, -0.05) is 72.8 Å². The first-order chi connectivity index (χ1) is 17.6. The first-order valence-corrected chi connectivity index (χ1v) is 12.6. The van der Waals surface area contributed by atoms with Crippen LogP contribution in [0.15, 0.2) is 91.0 Å². The molecule has 0 N–H and O–H groups in total. The van der Waals surface area contributed by atoms with Crippen LogP contribution in [0.1, 0.15) is 16.8 Å². The quantitative estimate of drug-likeness (QED) is 0.280. The van der Waals surface area contributed by atoms with Crippen LogP contribution in [0.4, 0.5) is 5.69 Å². The summed E-state index contributed by atoms with van der Waals surface area (Å²) in [5.41, 5.74) is 3.23. The Balaban J connectivity index is 1.05. The van der Waals surface area contributed by atoms with E-state index in [1.807, 2.05) is 42.5 Å². The monoisotopic (exact) mass is 475 g/mol. The number of carbonyl (C=O) groups is 3. The number of anilines is 1. The molecule has 178 valence electrons. The summed E-state index contributed by atoms with van der Waals surface area (Å²) in [6.07, 6.45) is 5.49. The van der Waals surface area contributed by atoms with Gasteiger partial charge in [0.2, 0.25) is 11.8 Å². The summed E-state index contributed by atoms with van der Waals surface area (Å²) in [6.45, 7) is -0.126. The third-order valence-corrected chi connectivity index (χ3v) is 8.42. The highest BCUT2D eigenvalue weighted by molar-refractivity contribution is 6.22. The Morgan fingerprint density at radius 3 is 2.08 bits per heavy atom. The van der Waals surface area contributed by atoms with Crippen molar-refractivity contribution < 1.29 is 19.1 Å². The van der Waals surface area contributed by atoms with Crippen LogP contribution < -0.4 is 9.64 Å². The van der Waals surface area contributed by atoms with Crippen molar-refractivity contribution in [2.45, 2.75) is 6.42 Å². The van der Waals surface area contributed by atoms with Gasteiger partial charge in [-0.15, -0.1) is 0 Å². The van der Waals surface area contributed by atoms with Crippen molar-refractivity contribution in [2.24, 2.45) is 35.5 Å². The van der Waals surface area contributed by atoms with Gasteiger partial charge >= 0.3 is 0 Å². The number of allylic oxidation sites excluding steroid dienone is 2. The Morgan fingerprint density at radius 1 is 0.778 bits per heavy atom. The predicted molar refractivity (Wildman–Crippen MR) is 135 cm³/mol. The van der Waals surface area contributed by atoms with E-state index >= 15 is 0 Å². The molecule has 2 amide bonds. The first kappa shape index (κ1) is 21.3. The number of imide groups is 1. The Labute approximate surface area is 209 Å². The summed E-state index contributed by atoms with van der Waals surface area (Å²) in [5, 5.41) is 0. The van der Waals surface area contributed by atoms with Crippen molar-refractivity contribution in [1.82, 2.24) is 0 Å². The molecule has 3 aromatic rings. The minimum Gasteiger partial charge on any atom is -0.485 e. The number of hydrogen-bond donors (Lipinski definition) is 0. The van der Waals surface area contributed by atoms with Crippen LogP contribution in [-0.4, -0.2) is 24.2 Å². The van der Waals surface area contributed by atoms with Crippen LogP contribution in [-0.2, 0) is 9.59 Å². The molecule has 36 heavy (non-hydrogen) atoms. The van der Waals surface area contributed by atoms with Gasteiger partial charge in [0.25, 0.3) is 0 Å². The number of hydrogen-bond acceptors (Lipinski definition) is 4. The third kappa shape index (κ3) is 3.26. The van der Waals surface area contributed by atoms with E-state index < -0.39 is 0 Å². The topological polar surface area (TPSA) is 63.7 Å². The van der Waals surface area contributed by atoms with E-state index in [1.54, 1.807) is 36.4 Å². The lowest BCUT2D eigenvalue weighted by Crippen LogP contribution is -2.40. The molecule has 0 radical (unpaired) electrons. The number of carbonyl (C=O) groups excluding carboxylic acids is 3. The Morgan fingerprint density at radius 2 is 1.42 bits per heavy atom.